The highest BCUT2D eigenvalue weighted by molar-refractivity contribution is 8.76. The molecule has 2 heterocycles. The zero-order chi connectivity index (χ0) is 54.8. The molecule has 0 spiro atoms. The number of rotatable bonds is 17. The van der Waals surface area contributed by atoms with Crippen molar-refractivity contribution < 1.29 is 19.0 Å². The minimum absolute atomic E-state index is 0.0102. The molecule has 14 nitrogen and oxygen atoms in total. The van der Waals surface area contributed by atoms with Crippen molar-refractivity contribution in [1.82, 2.24) is 19.9 Å². The third-order valence-electron chi connectivity index (χ3n) is 13.3. The number of phenolic OH excluding ortho intramolecular Hbond substituents is 2. The molecule has 0 aliphatic carbocycles. The number of azo groups is 2. The molecule has 394 valence electrons. The van der Waals surface area contributed by atoms with Crippen molar-refractivity contribution >= 4 is 146 Å². The Morgan fingerprint density at radius 3 is 1.31 bits per heavy atom. The van der Waals surface area contributed by atoms with Crippen molar-refractivity contribution in [2.24, 2.45) is 20.5 Å². The minimum Gasteiger partial charge on any atom is -0.505 e. The lowest BCUT2D eigenvalue weighted by atomic mass is 10.0. The Labute approximate surface area is 465 Å². The zero-order valence-electron chi connectivity index (χ0n) is 43.0. The first-order valence-corrected chi connectivity index (χ1v) is 27.9. The van der Waals surface area contributed by atoms with E-state index in [9.17, 15) is 10.2 Å². The van der Waals surface area contributed by atoms with Crippen LogP contribution in [0.3, 0.4) is 0 Å². The highest BCUT2D eigenvalue weighted by atomic mass is 35.5. The fourth-order valence-electron chi connectivity index (χ4n) is 9.13. The van der Waals surface area contributed by atoms with Crippen LogP contribution in [0.2, 0.25) is 10.0 Å². The lowest BCUT2D eigenvalue weighted by Gasteiger charge is -2.13. The van der Waals surface area contributed by atoms with E-state index in [4.69, 9.17) is 23.2 Å². The number of nitrogens with one attached hydrogen (secondary N) is 4. The van der Waals surface area contributed by atoms with Gasteiger partial charge in [-0.2, -0.15) is 38.9 Å². The lowest BCUT2D eigenvalue weighted by Crippen LogP contribution is -2.11. The number of fused-ring (bicyclic) bond motifs is 4. The predicted octanol–water partition coefficient (Wildman–Crippen LogP) is 17.9. The van der Waals surface area contributed by atoms with Gasteiger partial charge in [-0.25, -0.2) is 0 Å². The number of hydrogen-bond donors (Lipinski definition) is 6. The van der Waals surface area contributed by atoms with E-state index in [-0.39, 0.29) is 45.1 Å². The molecule has 0 aliphatic rings. The fraction of sp³-hybridized carbons (Fsp3) is 0.172. The molecular formula is C58H50Cl2F2N12O2S2. The van der Waals surface area contributed by atoms with Gasteiger partial charge in [-0.05, 0) is 168 Å². The average molecular weight is 1120 g/mol. The van der Waals surface area contributed by atoms with E-state index in [2.05, 4.69) is 99.8 Å². The Balaban J connectivity index is 0.707. The second-order valence-electron chi connectivity index (χ2n) is 18.6. The maximum absolute atomic E-state index is 15.0. The zero-order valence-corrected chi connectivity index (χ0v) is 46.2. The van der Waals surface area contributed by atoms with Crippen molar-refractivity contribution in [3.05, 3.63) is 165 Å². The molecule has 0 radical (unpaired) electrons. The molecule has 2 aromatic heterocycles. The molecule has 20 heteroatoms. The summed E-state index contributed by atoms with van der Waals surface area (Å²) in [7, 11) is 3.12. The number of aromatic nitrogens is 4. The highest BCUT2D eigenvalue weighted by Crippen LogP contribution is 2.43. The molecule has 6 N–H and O–H groups in total. The van der Waals surface area contributed by atoms with Crippen LogP contribution < -0.4 is 21.3 Å². The molecule has 8 aromatic carbocycles. The van der Waals surface area contributed by atoms with Crippen LogP contribution in [-0.4, -0.2) is 54.7 Å². The molecule has 0 fully saturated rings. The summed E-state index contributed by atoms with van der Waals surface area (Å²) in [6.07, 6.45) is 0. The maximum atomic E-state index is 15.0. The number of phenols is 2. The maximum Gasteiger partial charge on any atom is 0.238 e. The lowest BCUT2D eigenvalue weighted by molar-refractivity contribution is 0.482. The summed E-state index contributed by atoms with van der Waals surface area (Å²) in [5.41, 5.74) is 9.05. The van der Waals surface area contributed by atoms with Crippen molar-refractivity contribution in [1.29, 1.82) is 0 Å². The van der Waals surface area contributed by atoms with Gasteiger partial charge in [0.15, 0.2) is 23.1 Å². The fourth-order valence-corrected chi connectivity index (χ4v) is 11.2. The molecule has 0 aliphatic heterocycles. The first-order chi connectivity index (χ1) is 37.6. The molecule has 0 unspecified atom stereocenters. The quantitative estimate of drug-likeness (QED) is 0.0219. The van der Waals surface area contributed by atoms with Gasteiger partial charge in [-0.3, -0.25) is 0 Å². The first-order valence-electron chi connectivity index (χ1n) is 24.7. The number of benzene rings is 8. The van der Waals surface area contributed by atoms with Gasteiger partial charge < -0.3 is 31.5 Å². The van der Waals surface area contributed by atoms with E-state index in [1.807, 2.05) is 76.2 Å². The Kier molecular flexibility index (Phi) is 15.8. The third kappa shape index (κ3) is 11.2. The van der Waals surface area contributed by atoms with Gasteiger partial charge >= 0.3 is 0 Å². The van der Waals surface area contributed by atoms with E-state index >= 15 is 8.78 Å². The van der Waals surface area contributed by atoms with Gasteiger partial charge in [-0.15, -0.1) is 10.2 Å². The Hall–Kier alpha value is -7.90. The molecule has 10 rings (SSSR count). The van der Waals surface area contributed by atoms with Crippen LogP contribution in [0.5, 0.6) is 11.5 Å². The highest BCUT2D eigenvalue weighted by Gasteiger charge is 2.18. The van der Waals surface area contributed by atoms with Crippen molar-refractivity contribution in [2.75, 3.05) is 45.9 Å². The van der Waals surface area contributed by atoms with Crippen LogP contribution in [-0.2, 0) is 0 Å². The predicted molar refractivity (Wildman–Crippen MR) is 318 cm³/mol. The second-order valence-corrected chi connectivity index (χ2v) is 22.0. The molecule has 0 saturated heterocycles. The molecule has 10 aromatic rings. The largest absolute Gasteiger partial charge is 0.505 e. The smallest absolute Gasteiger partial charge is 0.238 e. The minimum atomic E-state index is -0.894. The van der Waals surface area contributed by atoms with E-state index in [1.54, 1.807) is 58.0 Å². The van der Waals surface area contributed by atoms with Gasteiger partial charge in [0.05, 0.1) is 11.4 Å². The van der Waals surface area contributed by atoms with Crippen LogP contribution in [0.4, 0.5) is 66.4 Å². The monoisotopic (exact) mass is 1120 g/mol. The van der Waals surface area contributed by atoms with Gasteiger partial charge in [0.2, 0.25) is 23.8 Å². The summed E-state index contributed by atoms with van der Waals surface area (Å²) >= 11 is 12.7. The molecule has 0 amide bonds. The van der Waals surface area contributed by atoms with E-state index < -0.39 is 11.9 Å². The van der Waals surface area contributed by atoms with Gasteiger partial charge in [0, 0.05) is 46.7 Å². The van der Waals surface area contributed by atoms with E-state index in [1.165, 1.54) is 11.1 Å². The molecule has 0 atom stereocenters. The van der Waals surface area contributed by atoms with E-state index in [0.717, 1.165) is 32.7 Å². The summed E-state index contributed by atoms with van der Waals surface area (Å²) in [6.45, 7) is 12.7. The van der Waals surface area contributed by atoms with E-state index in [0.29, 0.717) is 91.4 Å². The number of hydrogen-bond acceptors (Lipinski definition) is 16. The van der Waals surface area contributed by atoms with Gasteiger partial charge in [0.1, 0.15) is 21.4 Å². The van der Waals surface area contributed by atoms with Crippen molar-refractivity contribution in [3.63, 3.8) is 0 Å². The standard InChI is InChI=1S/C58H50Cl2F2N12O2S2/c1-29-9-7-11-41-33(5)45(19-17-39(29)41)71-73-49-31(3)25-35-27-37(13-15-43(35)51(49)75)65-55-47(59)53(61)67-57(69-55)63-21-23-77-78-24-22-64-58-68-54(62)48(60)56(70-58)66-38-14-16-44-36(28-38)26-32(4)50(52(44)76)74-72-46-20-18-40-30(2)10-8-12-42(40)34(46)6/h7-20,25-28,75-76H,21-24H2,1-6H3,(H2,63,65,67,69)(H2,64,66,68,70). The number of anilines is 6. The Morgan fingerprint density at radius 2 is 0.885 bits per heavy atom. The molecule has 0 saturated carbocycles. The topological polar surface area (TPSA) is 190 Å². The van der Waals surface area contributed by atoms with Crippen LogP contribution >= 0.6 is 44.8 Å². The Morgan fingerprint density at radius 1 is 0.474 bits per heavy atom. The number of nitrogens with zero attached hydrogens (tertiary/aromatic N) is 8. The third-order valence-corrected chi connectivity index (χ3v) is 16.4. The summed E-state index contributed by atoms with van der Waals surface area (Å²) in [4.78, 5) is 16.6. The second kappa shape index (κ2) is 23.0. The summed E-state index contributed by atoms with van der Waals surface area (Å²) in [5.74, 6) is -0.368. The van der Waals surface area contributed by atoms with Crippen LogP contribution in [0.15, 0.2) is 130 Å². The van der Waals surface area contributed by atoms with Crippen LogP contribution in [0.1, 0.15) is 33.4 Å². The normalized spacial score (nSPS) is 11.8. The Bertz CT molecular complexity index is 3820. The number of aryl methyl sites for hydroxylation is 6. The molecular weight excluding hydrogens is 1070 g/mol. The molecule has 78 heavy (non-hydrogen) atoms. The average Bonchev–Trinajstić information content (AvgIpc) is 3.49. The van der Waals surface area contributed by atoms with Gasteiger partial charge in [-0.1, -0.05) is 93.3 Å². The van der Waals surface area contributed by atoms with Crippen LogP contribution in [0.25, 0.3) is 43.1 Å². The summed E-state index contributed by atoms with van der Waals surface area (Å²) in [6, 6.07) is 34.6. The first kappa shape index (κ1) is 53.5. The van der Waals surface area contributed by atoms with Gasteiger partial charge in [0.25, 0.3) is 0 Å². The van der Waals surface area contributed by atoms with Crippen molar-refractivity contribution in [3.8, 4) is 11.5 Å². The summed E-state index contributed by atoms with van der Waals surface area (Å²) in [5, 5.41) is 59.5. The summed E-state index contributed by atoms with van der Waals surface area (Å²) < 4.78 is 30.0. The molecule has 0 bridgehead atoms. The number of aromatic hydroxyl groups is 2. The van der Waals surface area contributed by atoms with Crippen molar-refractivity contribution in [2.45, 2.75) is 41.5 Å². The number of halogens is 4. The van der Waals surface area contributed by atoms with Crippen LogP contribution in [0, 0.1) is 53.4 Å². The SMILES string of the molecule is Cc1cc2cc(Nc3nc(NCCSSCCNc4nc(F)c(Cl)c(Nc5ccc6c(O)c(N=Nc7ccc8c(C)cccc8c7C)c(C)cc6c5)n4)nc(F)c3Cl)ccc2c(O)c1N=Nc1ccc2c(C)cccc2c1C.